The maximum atomic E-state index is 10.9. The van der Waals surface area contributed by atoms with E-state index < -0.39 is 5.97 Å². The Hall–Kier alpha value is -4.02. The normalized spacial score (nSPS) is 16.0. The smallest absolute Gasteiger partial charge is 0.322 e. The van der Waals surface area contributed by atoms with Crippen molar-refractivity contribution in [3.05, 3.63) is 71.8 Å². The molecule has 10 heteroatoms. The number of rotatable bonds is 10. The van der Waals surface area contributed by atoms with E-state index in [9.17, 15) is 4.79 Å². The first-order chi connectivity index (χ1) is 16.9. The molecule has 8 N–H and O–H groups in total. The van der Waals surface area contributed by atoms with Gasteiger partial charge in [-0.1, -0.05) is 24.8 Å². The quantitative estimate of drug-likeness (QED) is 0.222. The Morgan fingerprint density at radius 2 is 1.97 bits per heavy atom. The fraction of sp³-hybridized carbons (Fsp3) is 0.280. The van der Waals surface area contributed by atoms with Crippen LogP contribution >= 0.6 is 0 Å². The van der Waals surface area contributed by atoms with Gasteiger partial charge in [0.25, 0.3) is 0 Å². The second-order valence-corrected chi connectivity index (χ2v) is 8.41. The number of hydrogen-bond donors (Lipinski definition) is 6. The van der Waals surface area contributed by atoms with Gasteiger partial charge in [0.2, 0.25) is 0 Å². The van der Waals surface area contributed by atoms with Crippen LogP contribution in [0.3, 0.4) is 0 Å². The van der Waals surface area contributed by atoms with Crippen LogP contribution in [0.2, 0.25) is 0 Å². The van der Waals surface area contributed by atoms with Crippen LogP contribution in [0.15, 0.2) is 71.3 Å². The van der Waals surface area contributed by atoms with Crippen LogP contribution in [0.4, 0.5) is 5.69 Å². The Morgan fingerprint density at radius 1 is 1.20 bits per heavy atom. The average molecular weight is 478 g/mol. The molecule has 0 radical (unpaired) electrons. The molecule has 4 rings (SSSR count). The van der Waals surface area contributed by atoms with E-state index in [0.29, 0.717) is 35.4 Å². The summed E-state index contributed by atoms with van der Waals surface area (Å²) in [5, 5.41) is 15.0. The van der Waals surface area contributed by atoms with E-state index in [0.717, 1.165) is 42.0 Å². The molecule has 0 atom stereocenters. The van der Waals surface area contributed by atoms with Crippen molar-refractivity contribution in [2.24, 2.45) is 16.6 Å². The zero-order valence-electron chi connectivity index (χ0n) is 19.5. The Labute approximate surface area is 204 Å². The third-order valence-electron chi connectivity index (χ3n) is 5.95. The maximum Gasteiger partial charge on any atom is 0.322 e. The number of aliphatic carboxylic acids is 1. The third-order valence-corrected chi connectivity index (χ3v) is 5.95. The van der Waals surface area contributed by atoms with Crippen LogP contribution in [0.25, 0.3) is 11.1 Å². The van der Waals surface area contributed by atoms with Crippen molar-refractivity contribution >= 4 is 17.5 Å². The van der Waals surface area contributed by atoms with Gasteiger partial charge in [-0.05, 0) is 61.3 Å². The Balaban J connectivity index is 1.64. The lowest BCUT2D eigenvalue weighted by Crippen LogP contribution is -2.36. The minimum Gasteiger partial charge on any atom is -0.491 e. The van der Waals surface area contributed by atoms with Gasteiger partial charge in [-0.25, -0.2) is 10.8 Å². The van der Waals surface area contributed by atoms with E-state index in [4.69, 9.17) is 21.4 Å². The molecule has 0 amide bonds. The summed E-state index contributed by atoms with van der Waals surface area (Å²) >= 11 is 0. The summed E-state index contributed by atoms with van der Waals surface area (Å²) in [6, 6.07) is 13.4. The van der Waals surface area contributed by atoms with Crippen LogP contribution in [0.5, 0.6) is 5.75 Å². The molecule has 0 unspecified atom stereocenters. The molecule has 184 valence electrons. The molecule has 0 spiro atoms. The summed E-state index contributed by atoms with van der Waals surface area (Å²) < 4.78 is 6.27. The molecule has 2 heterocycles. The molecule has 0 saturated carbocycles. The van der Waals surface area contributed by atoms with Crippen LogP contribution in [0, 0.1) is 0 Å². The molecule has 2 aromatic carbocycles. The summed E-state index contributed by atoms with van der Waals surface area (Å²) in [6.45, 7) is 7.36. The van der Waals surface area contributed by atoms with Gasteiger partial charge < -0.3 is 31.6 Å². The number of carbonyl (C=O) groups is 1. The van der Waals surface area contributed by atoms with Crippen LogP contribution in [-0.4, -0.2) is 54.6 Å². The second-order valence-electron chi connectivity index (χ2n) is 8.41. The highest BCUT2D eigenvalue weighted by Gasteiger charge is 2.20. The van der Waals surface area contributed by atoms with Gasteiger partial charge in [0.1, 0.15) is 24.7 Å². The van der Waals surface area contributed by atoms with Crippen molar-refractivity contribution in [3.63, 3.8) is 0 Å². The average Bonchev–Trinajstić information content (AvgIpc) is 3.38. The number of hydrazine groups is 1. The minimum absolute atomic E-state index is 0.156. The first-order valence-corrected chi connectivity index (χ1v) is 11.5. The molecule has 1 saturated heterocycles. The molecule has 2 aliphatic heterocycles. The lowest BCUT2D eigenvalue weighted by atomic mass is 10.0. The van der Waals surface area contributed by atoms with Gasteiger partial charge in [0.05, 0.1) is 17.0 Å². The third kappa shape index (κ3) is 5.92. The number of aliphatic imine (C=N–C) groups is 1. The monoisotopic (exact) mass is 477 g/mol. The highest BCUT2D eigenvalue weighted by Crippen LogP contribution is 2.30. The van der Waals surface area contributed by atoms with Gasteiger partial charge in [0, 0.05) is 12.2 Å². The number of ether oxygens (including phenoxy) is 1. The number of carboxylic acid groups (broad SMARTS) is 1. The highest BCUT2D eigenvalue weighted by molar-refractivity contribution is 6.04. The van der Waals surface area contributed by atoms with Crippen LogP contribution in [0.1, 0.15) is 18.4 Å². The van der Waals surface area contributed by atoms with Crippen LogP contribution in [-0.2, 0) is 4.79 Å². The van der Waals surface area contributed by atoms with Crippen molar-refractivity contribution in [3.8, 4) is 16.9 Å². The number of amidine groups is 1. The SMILES string of the molecule is C=C1NC(c2ccc(-c3cccc(NCC(=O)O)c3)cc2OCCN2CCCC2)=NC(NN)=C1N. The molecule has 2 aromatic rings. The van der Waals surface area contributed by atoms with Gasteiger partial charge in [0.15, 0.2) is 5.82 Å². The number of carboxylic acids is 1. The molecule has 0 bridgehead atoms. The molecule has 10 nitrogen and oxygen atoms in total. The van der Waals surface area contributed by atoms with Gasteiger partial charge >= 0.3 is 5.97 Å². The van der Waals surface area contributed by atoms with Crippen molar-refractivity contribution < 1.29 is 14.6 Å². The summed E-state index contributed by atoms with van der Waals surface area (Å²) in [5.74, 6) is 6.18. The van der Waals surface area contributed by atoms with Crippen molar-refractivity contribution in [2.75, 3.05) is 38.1 Å². The molecule has 35 heavy (non-hydrogen) atoms. The standard InChI is InChI=1S/C25H31N7O3/c1-16-23(26)25(31-27)30-24(29-16)20-8-7-18(14-21(20)35-12-11-32-9-2-3-10-32)17-5-4-6-19(13-17)28-15-22(33)34/h4-8,13-14,28,31H,1-3,9-12,15,26-27H2,(H,29,30)(H,33,34). The number of anilines is 1. The van der Waals surface area contributed by atoms with Crippen LogP contribution < -0.4 is 32.4 Å². The summed E-state index contributed by atoms with van der Waals surface area (Å²) in [7, 11) is 0. The van der Waals surface area contributed by atoms with E-state index in [1.54, 1.807) is 0 Å². The van der Waals surface area contributed by atoms with Crippen molar-refractivity contribution in [2.45, 2.75) is 12.8 Å². The highest BCUT2D eigenvalue weighted by atomic mass is 16.5. The van der Waals surface area contributed by atoms with Gasteiger partial charge in [-0.15, -0.1) is 0 Å². The lowest BCUT2D eigenvalue weighted by molar-refractivity contribution is -0.134. The number of nitrogens with one attached hydrogen (secondary N) is 3. The molecule has 0 aliphatic carbocycles. The second kappa shape index (κ2) is 10.9. The fourth-order valence-electron chi connectivity index (χ4n) is 4.09. The Bertz CT molecular complexity index is 1170. The largest absolute Gasteiger partial charge is 0.491 e. The lowest BCUT2D eigenvalue weighted by Gasteiger charge is -2.23. The zero-order chi connectivity index (χ0) is 24.8. The van der Waals surface area contributed by atoms with E-state index in [1.165, 1.54) is 12.8 Å². The topological polar surface area (TPSA) is 150 Å². The fourth-order valence-corrected chi connectivity index (χ4v) is 4.09. The van der Waals surface area contributed by atoms with Crippen molar-refractivity contribution in [1.29, 1.82) is 0 Å². The molecule has 2 aliphatic rings. The molecular weight excluding hydrogens is 446 g/mol. The summed E-state index contributed by atoms with van der Waals surface area (Å²) in [4.78, 5) is 17.8. The number of likely N-dealkylation sites (tertiary alicyclic amines) is 1. The van der Waals surface area contributed by atoms with E-state index in [1.807, 2.05) is 42.5 Å². The first-order valence-electron chi connectivity index (χ1n) is 11.5. The first kappa shape index (κ1) is 24.1. The van der Waals surface area contributed by atoms with Gasteiger partial charge in [-0.3, -0.25) is 9.69 Å². The number of benzene rings is 2. The zero-order valence-corrected chi connectivity index (χ0v) is 19.5. The maximum absolute atomic E-state index is 10.9. The number of nitrogens with two attached hydrogens (primary N) is 2. The van der Waals surface area contributed by atoms with E-state index in [2.05, 4.69) is 32.5 Å². The molecule has 0 aromatic heterocycles. The summed E-state index contributed by atoms with van der Waals surface area (Å²) in [5.41, 5.74) is 12.7. The van der Waals surface area contributed by atoms with E-state index in [-0.39, 0.29) is 6.54 Å². The Morgan fingerprint density at radius 3 is 2.71 bits per heavy atom. The molecular formula is C25H31N7O3. The molecule has 1 fully saturated rings. The van der Waals surface area contributed by atoms with Crippen molar-refractivity contribution in [1.82, 2.24) is 15.6 Å². The van der Waals surface area contributed by atoms with Gasteiger partial charge in [-0.2, -0.15) is 0 Å². The number of hydrogen-bond acceptors (Lipinski definition) is 9. The predicted molar refractivity (Wildman–Crippen MR) is 137 cm³/mol. The number of nitrogens with zero attached hydrogens (tertiary/aromatic N) is 2. The Kier molecular flexibility index (Phi) is 7.54. The predicted octanol–water partition coefficient (Wildman–Crippen LogP) is 1.78. The summed E-state index contributed by atoms with van der Waals surface area (Å²) in [6.07, 6.45) is 2.44. The van der Waals surface area contributed by atoms with E-state index >= 15 is 0 Å². The minimum atomic E-state index is -0.920.